The Hall–Kier alpha value is -2.29. The van der Waals surface area contributed by atoms with Gasteiger partial charge in [0.1, 0.15) is 6.04 Å². The van der Waals surface area contributed by atoms with Gasteiger partial charge in [0.2, 0.25) is 5.91 Å². The van der Waals surface area contributed by atoms with Gasteiger partial charge in [0.25, 0.3) is 0 Å². The third kappa shape index (κ3) is 5.85. The van der Waals surface area contributed by atoms with Gasteiger partial charge < -0.3 is 20.4 Å². The fraction of sp³-hybridized carbons (Fsp3) is 0.579. The summed E-state index contributed by atoms with van der Waals surface area (Å²) in [5, 5.41) is 4.78. The zero-order valence-electron chi connectivity index (χ0n) is 16.2. The summed E-state index contributed by atoms with van der Waals surface area (Å²) in [5.41, 5.74) is -1.27. The van der Waals surface area contributed by atoms with Crippen LogP contribution in [0.2, 0.25) is 0 Å². The highest BCUT2D eigenvalue weighted by Crippen LogP contribution is 2.34. The second kappa shape index (κ2) is 9.77. The lowest BCUT2D eigenvalue weighted by molar-refractivity contribution is -0.137. The molecule has 1 aromatic carbocycles. The van der Waals surface area contributed by atoms with Gasteiger partial charge in [0, 0.05) is 26.2 Å². The van der Waals surface area contributed by atoms with Crippen molar-refractivity contribution in [1.82, 2.24) is 15.1 Å². The Labute approximate surface area is 163 Å². The maximum atomic E-state index is 13.1. The van der Waals surface area contributed by atoms with Crippen LogP contribution in [0.15, 0.2) is 24.3 Å². The van der Waals surface area contributed by atoms with Gasteiger partial charge in [-0.25, -0.2) is 4.79 Å². The van der Waals surface area contributed by atoms with Crippen molar-refractivity contribution in [3.8, 4) is 0 Å². The molecule has 0 saturated carbocycles. The Bertz CT molecular complexity index is 673. The van der Waals surface area contributed by atoms with Gasteiger partial charge in [-0.05, 0) is 25.1 Å². The first-order chi connectivity index (χ1) is 13.3. The fourth-order valence-electron chi connectivity index (χ4n) is 3.21. The Morgan fingerprint density at radius 2 is 1.75 bits per heavy atom. The number of rotatable bonds is 6. The molecule has 1 aromatic rings. The van der Waals surface area contributed by atoms with Crippen LogP contribution < -0.4 is 10.6 Å². The third-order valence-corrected chi connectivity index (χ3v) is 4.79. The summed E-state index contributed by atoms with van der Waals surface area (Å²) >= 11 is 0. The van der Waals surface area contributed by atoms with E-state index in [0.717, 1.165) is 25.7 Å². The first kappa shape index (κ1) is 22.0. The largest absolute Gasteiger partial charge is 0.418 e. The van der Waals surface area contributed by atoms with Crippen molar-refractivity contribution < 1.29 is 22.8 Å². The maximum Gasteiger partial charge on any atom is 0.418 e. The van der Waals surface area contributed by atoms with E-state index in [0.29, 0.717) is 25.9 Å². The number of carbonyl (C=O) groups is 2. The lowest BCUT2D eigenvalue weighted by Crippen LogP contribution is -2.55. The highest BCUT2D eigenvalue weighted by molar-refractivity contribution is 5.94. The maximum absolute atomic E-state index is 13.1. The van der Waals surface area contributed by atoms with Crippen molar-refractivity contribution in [3.05, 3.63) is 29.8 Å². The number of amides is 3. The van der Waals surface area contributed by atoms with Gasteiger partial charge >= 0.3 is 12.2 Å². The van der Waals surface area contributed by atoms with Crippen LogP contribution in [0.4, 0.5) is 23.7 Å². The number of nitrogens with one attached hydrogen (secondary N) is 2. The summed E-state index contributed by atoms with van der Waals surface area (Å²) in [4.78, 5) is 29.0. The van der Waals surface area contributed by atoms with E-state index < -0.39 is 23.8 Å². The minimum atomic E-state index is -4.58. The molecular formula is C19H27F3N4O2. The zero-order chi connectivity index (χ0) is 20.7. The number of anilines is 1. The van der Waals surface area contributed by atoms with Crippen molar-refractivity contribution in [2.45, 2.75) is 38.9 Å². The minimum absolute atomic E-state index is 0.197. The molecule has 156 valence electrons. The number of nitrogens with zero attached hydrogens (tertiary/aromatic N) is 2. The molecule has 1 atom stereocenters. The van der Waals surface area contributed by atoms with Crippen LogP contribution in [0, 0.1) is 0 Å². The Morgan fingerprint density at radius 3 is 2.32 bits per heavy atom. The van der Waals surface area contributed by atoms with E-state index in [9.17, 15) is 22.8 Å². The number of halogens is 3. The van der Waals surface area contributed by atoms with Gasteiger partial charge in [0.15, 0.2) is 0 Å². The Kier molecular flexibility index (Phi) is 7.68. The molecule has 3 amide bonds. The molecule has 0 bridgehead atoms. The highest BCUT2D eigenvalue weighted by atomic mass is 19.4. The number of piperazine rings is 1. The van der Waals surface area contributed by atoms with Crippen molar-refractivity contribution in [1.29, 1.82) is 0 Å². The molecule has 1 unspecified atom stereocenters. The van der Waals surface area contributed by atoms with Crippen LogP contribution in [0.3, 0.4) is 0 Å². The van der Waals surface area contributed by atoms with Gasteiger partial charge in [-0.15, -0.1) is 0 Å². The molecule has 1 fully saturated rings. The van der Waals surface area contributed by atoms with E-state index in [1.165, 1.54) is 18.2 Å². The van der Waals surface area contributed by atoms with Gasteiger partial charge in [0.05, 0.1) is 11.3 Å². The molecule has 0 spiro atoms. The number of benzene rings is 1. The molecule has 28 heavy (non-hydrogen) atoms. The number of carbonyl (C=O) groups excluding carboxylic acids is 2. The molecule has 9 heteroatoms. The standard InChI is InChI=1S/C19H27F3N4O2/c1-3-7-16(17(27)26-12-10-25(4-2)11-13-26)24-18(28)23-15-9-6-5-8-14(15)19(20,21)22/h5-6,8-9,16H,3-4,7,10-13H2,1-2H3,(H2,23,24,28). The summed E-state index contributed by atoms with van der Waals surface area (Å²) in [6.45, 7) is 7.55. The summed E-state index contributed by atoms with van der Waals surface area (Å²) < 4.78 is 39.2. The molecule has 1 aliphatic heterocycles. The van der Waals surface area contributed by atoms with E-state index in [2.05, 4.69) is 22.5 Å². The van der Waals surface area contributed by atoms with E-state index in [1.54, 1.807) is 4.90 Å². The first-order valence-electron chi connectivity index (χ1n) is 9.51. The average Bonchev–Trinajstić information content (AvgIpc) is 2.66. The highest BCUT2D eigenvalue weighted by Gasteiger charge is 2.34. The fourth-order valence-corrected chi connectivity index (χ4v) is 3.21. The van der Waals surface area contributed by atoms with Gasteiger partial charge in [-0.2, -0.15) is 13.2 Å². The third-order valence-electron chi connectivity index (χ3n) is 4.79. The molecule has 1 saturated heterocycles. The van der Waals surface area contributed by atoms with Crippen molar-refractivity contribution >= 4 is 17.6 Å². The first-order valence-corrected chi connectivity index (χ1v) is 9.51. The van der Waals surface area contributed by atoms with Crippen LogP contribution >= 0.6 is 0 Å². The summed E-state index contributed by atoms with van der Waals surface area (Å²) in [7, 11) is 0. The number of alkyl halides is 3. The molecule has 2 rings (SSSR count). The molecule has 0 aliphatic carbocycles. The average molecular weight is 400 g/mol. The minimum Gasteiger partial charge on any atom is -0.338 e. The summed E-state index contributed by atoms with van der Waals surface area (Å²) in [6.07, 6.45) is -3.51. The van der Waals surface area contributed by atoms with E-state index >= 15 is 0 Å². The van der Waals surface area contributed by atoms with Crippen molar-refractivity contribution in [2.24, 2.45) is 0 Å². The van der Waals surface area contributed by atoms with E-state index in [-0.39, 0.29) is 11.6 Å². The monoisotopic (exact) mass is 400 g/mol. The quantitative estimate of drug-likeness (QED) is 0.771. The van der Waals surface area contributed by atoms with E-state index in [4.69, 9.17) is 0 Å². The lowest BCUT2D eigenvalue weighted by atomic mass is 10.1. The van der Waals surface area contributed by atoms with Crippen molar-refractivity contribution in [2.75, 3.05) is 38.0 Å². The Morgan fingerprint density at radius 1 is 1.11 bits per heavy atom. The second-order valence-electron chi connectivity index (χ2n) is 6.74. The number of para-hydroxylation sites is 1. The Balaban J connectivity index is 2.02. The topological polar surface area (TPSA) is 64.7 Å². The predicted octanol–water partition coefficient (Wildman–Crippen LogP) is 3.16. The zero-order valence-corrected chi connectivity index (χ0v) is 16.2. The number of hydrogen-bond acceptors (Lipinski definition) is 3. The number of hydrogen-bond donors (Lipinski definition) is 2. The van der Waals surface area contributed by atoms with Crippen LogP contribution in [0.5, 0.6) is 0 Å². The molecule has 0 aromatic heterocycles. The SMILES string of the molecule is CCCC(NC(=O)Nc1ccccc1C(F)(F)F)C(=O)N1CCN(CC)CC1. The van der Waals surface area contributed by atoms with Gasteiger partial charge in [-0.1, -0.05) is 32.4 Å². The van der Waals surface area contributed by atoms with Crippen molar-refractivity contribution in [3.63, 3.8) is 0 Å². The second-order valence-corrected chi connectivity index (χ2v) is 6.74. The molecule has 1 heterocycles. The van der Waals surface area contributed by atoms with Crippen LogP contribution in [-0.4, -0.2) is 60.5 Å². The summed E-state index contributed by atoms with van der Waals surface area (Å²) in [6, 6.07) is 3.16. The predicted molar refractivity (Wildman–Crippen MR) is 101 cm³/mol. The van der Waals surface area contributed by atoms with Crippen LogP contribution in [0.1, 0.15) is 32.3 Å². The smallest absolute Gasteiger partial charge is 0.338 e. The molecular weight excluding hydrogens is 373 g/mol. The number of urea groups is 1. The molecule has 2 N–H and O–H groups in total. The summed E-state index contributed by atoms with van der Waals surface area (Å²) in [5.74, 6) is -0.197. The molecule has 1 aliphatic rings. The number of likely N-dealkylation sites (N-methyl/N-ethyl adjacent to an activating group) is 1. The van der Waals surface area contributed by atoms with Crippen LogP contribution in [0.25, 0.3) is 0 Å². The molecule has 0 radical (unpaired) electrons. The van der Waals surface area contributed by atoms with Crippen LogP contribution in [-0.2, 0) is 11.0 Å². The normalized spacial score (nSPS) is 16.5. The molecule has 6 nitrogen and oxygen atoms in total. The van der Waals surface area contributed by atoms with Gasteiger partial charge in [-0.3, -0.25) is 4.79 Å². The lowest BCUT2D eigenvalue weighted by Gasteiger charge is -2.36. The van der Waals surface area contributed by atoms with E-state index in [1.807, 2.05) is 6.92 Å².